The van der Waals surface area contributed by atoms with Crippen molar-refractivity contribution in [3.63, 3.8) is 0 Å². The highest BCUT2D eigenvalue weighted by molar-refractivity contribution is 5.87. The zero-order chi connectivity index (χ0) is 24.9. The maximum absolute atomic E-state index is 15.2. The van der Waals surface area contributed by atoms with Crippen LogP contribution < -0.4 is 10.2 Å². The fraction of sp³-hybridized carbons (Fsp3) is 0.714. The van der Waals surface area contributed by atoms with Gasteiger partial charge in [-0.15, -0.1) is 0 Å². The predicted octanol–water partition coefficient (Wildman–Crippen LogP) is 4.15. The number of nitrogens with zero attached hydrogens (tertiary/aromatic N) is 2. The summed E-state index contributed by atoms with van der Waals surface area (Å²) in [6, 6.07) is 4.72. The van der Waals surface area contributed by atoms with E-state index in [9.17, 15) is 14.7 Å². The molecule has 0 radical (unpaired) electrons. The van der Waals surface area contributed by atoms with Gasteiger partial charge in [0.2, 0.25) is 5.91 Å². The SMILES string of the molecule is CCCOC(=O)Nc1ccc(N2CCC[C@@]3(CCN(C45CC6CC7C(O)C(C4)C67C5)C3=O)C2)c(F)c1. The zero-order valence-electron chi connectivity index (χ0n) is 21.0. The maximum atomic E-state index is 15.2. The average Bonchev–Trinajstić information content (AvgIpc) is 3.46. The standard InChI is InChI=1S/C28H36FN3O4/c1-2-10-36-25(35)30-18-4-5-22(21(29)12-18)31-8-3-6-26(16-31)7-9-32(24(26)34)27-13-17-11-19-23(33)20(14-27)28(17,19)15-27/h4-5,12,17,19-20,23,33H,2-3,6-11,13-16H2,1H3,(H,30,35)/t17?,19?,20?,23?,26-,27?,28?/m1/s1. The van der Waals surface area contributed by atoms with Crippen LogP contribution in [0.3, 0.4) is 0 Å². The third-order valence-corrected chi connectivity index (χ3v) is 11.0. The van der Waals surface area contributed by atoms with Gasteiger partial charge in [0.1, 0.15) is 5.82 Å². The Labute approximate surface area is 211 Å². The Kier molecular flexibility index (Phi) is 4.81. The predicted molar refractivity (Wildman–Crippen MR) is 132 cm³/mol. The molecule has 0 aromatic heterocycles. The minimum atomic E-state index is -0.587. The molecule has 6 aliphatic rings. The quantitative estimate of drug-likeness (QED) is 0.639. The van der Waals surface area contributed by atoms with Gasteiger partial charge in [-0.1, -0.05) is 6.92 Å². The van der Waals surface area contributed by atoms with E-state index < -0.39 is 17.3 Å². The lowest BCUT2D eigenvalue weighted by atomic mass is 9.37. The molecule has 4 saturated carbocycles. The smallest absolute Gasteiger partial charge is 0.411 e. The first-order valence-electron chi connectivity index (χ1n) is 13.8. The average molecular weight is 498 g/mol. The lowest BCUT2D eigenvalue weighted by molar-refractivity contribution is -0.259. The molecule has 4 aliphatic carbocycles. The number of carbonyl (C=O) groups is 2. The van der Waals surface area contributed by atoms with Crippen molar-refractivity contribution in [1.29, 1.82) is 0 Å². The van der Waals surface area contributed by atoms with Crippen LogP contribution in [0.2, 0.25) is 0 Å². The van der Waals surface area contributed by atoms with Crippen LogP contribution in [0.15, 0.2) is 18.2 Å². The van der Waals surface area contributed by atoms with Crippen molar-refractivity contribution in [2.24, 2.45) is 28.6 Å². The third-order valence-electron chi connectivity index (χ3n) is 11.0. The number of anilines is 2. The molecule has 1 aromatic rings. The van der Waals surface area contributed by atoms with Crippen molar-refractivity contribution < 1.29 is 23.8 Å². The summed E-state index contributed by atoms with van der Waals surface area (Å²) in [4.78, 5) is 30.2. The summed E-state index contributed by atoms with van der Waals surface area (Å²) in [6.07, 6.45) is 6.81. The number of halogens is 1. The fourth-order valence-corrected chi connectivity index (χ4v) is 9.55. The first-order valence-corrected chi connectivity index (χ1v) is 13.8. The second-order valence-corrected chi connectivity index (χ2v) is 12.5. The number of carbonyl (C=O) groups excluding carboxylic acids is 2. The Morgan fingerprint density at radius 3 is 2.89 bits per heavy atom. The van der Waals surface area contributed by atoms with Crippen LogP contribution in [0.25, 0.3) is 0 Å². The summed E-state index contributed by atoms with van der Waals surface area (Å²) in [6.45, 7) is 4.26. The van der Waals surface area contributed by atoms with Gasteiger partial charge >= 0.3 is 6.09 Å². The molecule has 36 heavy (non-hydrogen) atoms. The summed E-state index contributed by atoms with van der Waals surface area (Å²) in [7, 11) is 0. The van der Waals surface area contributed by atoms with Crippen molar-refractivity contribution in [3.05, 3.63) is 24.0 Å². The number of benzene rings is 1. The monoisotopic (exact) mass is 497 g/mol. The third kappa shape index (κ3) is 2.82. The van der Waals surface area contributed by atoms with Crippen molar-refractivity contribution in [2.45, 2.75) is 69.9 Å². The number of likely N-dealkylation sites (tertiary alicyclic amines) is 1. The lowest BCUT2D eigenvalue weighted by Crippen LogP contribution is -2.69. The van der Waals surface area contributed by atoms with E-state index in [1.54, 1.807) is 12.1 Å². The molecule has 2 heterocycles. The molecule has 7 nitrogen and oxygen atoms in total. The fourth-order valence-electron chi connectivity index (χ4n) is 9.55. The molecule has 7 atom stereocenters. The Hall–Kier alpha value is -2.35. The molecular formula is C28H36FN3O4. The van der Waals surface area contributed by atoms with Crippen LogP contribution >= 0.6 is 0 Å². The van der Waals surface area contributed by atoms with Crippen LogP contribution in [0.4, 0.5) is 20.6 Å². The molecule has 2 N–H and O–H groups in total. The van der Waals surface area contributed by atoms with Gasteiger partial charge in [0.15, 0.2) is 0 Å². The summed E-state index contributed by atoms with van der Waals surface area (Å²) >= 11 is 0. The summed E-state index contributed by atoms with van der Waals surface area (Å²) in [5.41, 5.74) is 0.649. The summed E-state index contributed by atoms with van der Waals surface area (Å²) in [5, 5.41) is 13.2. The number of hydrogen-bond acceptors (Lipinski definition) is 5. The highest BCUT2D eigenvalue weighted by Gasteiger charge is 2.82. The first kappa shape index (κ1) is 22.8. The van der Waals surface area contributed by atoms with Gasteiger partial charge < -0.3 is 19.6 Å². The summed E-state index contributed by atoms with van der Waals surface area (Å²) in [5.74, 6) is 1.41. The van der Waals surface area contributed by atoms with Crippen LogP contribution in [0.5, 0.6) is 0 Å². The number of piperidine rings is 1. The molecule has 7 rings (SSSR count). The zero-order valence-corrected chi connectivity index (χ0v) is 21.0. The molecule has 8 heteroatoms. The molecule has 2 bridgehead atoms. The Morgan fingerprint density at radius 1 is 1.25 bits per heavy atom. The topological polar surface area (TPSA) is 82.1 Å². The van der Waals surface area contributed by atoms with Crippen molar-refractivity contribution in [1.82, 2.24) is 4.90 Å². The van der Waals surface area contributed by atoms with E-state index in [4.69, 9.17) is 4.74 Å². The molecular weight excluding hydrogens is 461 g/mol. The van der Waals surface area contributed by atoms with Crippen LogP contribution in [-0.2, 0) is 9.53 Å². The second-order valence-electron chi connectivity index (χ2n) is 12.5. The van der Waals surface area contributed by atoms with E-state index in [2.05, 4.69) is 10.2 Å². The van der Waals surface area contributed by atoms with E-state index in [1.807, 2.05) is 11.8 Å². The lowest BCUT2D eigenvalue weighted by Gasteiger charge is -2.69. The van der Waals surface area contributed by atoms with Crippen molar-refractivity contribution >= 4 is 23.4 Å². The van der Waals surface area contributed by atoms with Gasteiger partial charge in [0, 0.05) is 30.9 Å². The minimum absolute atomic E-state index is 0.0601. The normalized spacial score (nSPS) is 41.8. The molecule has 6 fully saturated rings. The Morgan fingerprint density at radius 2 is 2.11 bits per heavy atom. The van der Waals surface area contributed by atoms with Gasteiger partial charge in [0.05, 0.1) is 23.8 Å². The Balaban J connectivity index is 1.07. The highest BCUT2D eigenvalue weighted by Crippen LogP contribution is 2.83. The van der Waals surface area contributed by atoms with E-state index in [0.29, 0.717) is 54.2 Å². The van der Waals surface area contributed by atoms with Gasteiger partial charge in [-0.25, -0.2) is 9.18 Å². The molecule has 2 saturated heterocycles. The Bertz CT molecular complexity index is 1130. The number of amides is 2. The number of ether oxygens (including phenoxy) is 1. The molecule has 194 valence electrons. The van der Waals surface area contributed by atoms with Gasteiger partial charge in [-0.2, -0.15) is 0 Å². The first-order chi connectivity index (χ1) is 17.3. The van der Waals surface area contributed by atoms with E-state index in [-0.39, 0.29) is 17.6 Å². The number of hydrogen-bond donors (Lipinski definition) is 2. The van der Waals surface area contributed by atoms with Crippen molar-refractivity contribution in [3.8, 4) is 0 Å². The molecule has 1 aromatic carbocycles. The van der Waals surface area contributed by atoms with Crippen molar-refractivity contribution in [2.75, 3.05) is 36.5 Å². The van der Waals surface area contributed by atoms with Crippen LogP contribution in [0.1, 0.15) is 58.3 Å². The van der Waals surface area contributed by atoms with E-state index in [0.717, 1.165) is 57.9 Å². The van der Waals surface area contributed by atoms with Gasteiger partial charge in [0.25, 0.3) is 0 Å². The molecule has 6 unspecified atom stereocenters. The van der Waals surface area contributed by atoms with Crippen LogP contribution in [-0.4, -0.2) is 59.9 Å². The maximum Gasteiger partial charge on any atom is 0.411 e. The molecule has 2 aliphatic heterocycles. The summed E-state index contributed by atoms with van der Waals surface area (Å²) < 4.78 is 20.2. The minimum Gasteiger partial charge on any atom is -0.449 e. The molecule has 2 spiro atoms. The van der Waals surface area contributed by atoms with Gasteiger partial charge in [-0.05, 0) is 92.7 Å². The molecule has 2 amide bonds. The number of aliphatic hydroxyl groups excluding tert-OH is 1. The number of rotatable bonds is 5. The van der Waals surface area contributed by atoms with E-state index >= 15 is 4.39 Å². The largest absolute Gasteiger partial charge is 0.449 e. The number of nitrogens with one attached hydrogen (secondary N) is 1. The van der Waals surface area contributed by atoms with Crippen LogP contribution in [0, 0.1) is 34.4 Å². The number of aliphatic hydroxyl groups is 1. The second kappa shape index (κ2) is 7.59. The number of fused-ring (bicyclic) bond motifs is 1. The van der Waals surface area contributed by atoms with E-state index in [1.165, 1.54) is 6.07 Å². The highest BCUT2D eigenvalue weighted by atomic mass is 19.1. The van der Waals surface area contributed by atoms with Gasteiger partial charge in [-0.3, -0.25) is 10.1 Å².